The van der Waals surface area contributed by atoms with Crippen molar-refractivity contribution in [2.24, 2.45) is 5.92 Å². The summed E-state index contributed by atoms with van der Waals surface area (Å²) in [6.45, 7) is 1.50. The molecule has 0 saturated heterocycles. The number of esters is 1. The van der Waals surface area contributed by atoms with Crippen molar-refractivity contribution in [3.63, 3.8) is 0 Å². The Morgan fingerprint density at radius 2 is 1.86 bits per heavy atom. The molecule has 21 heavy (non-hydrogen) atoms. The van der Waals surface area contributed by atoms with Gasteiger partial charge in [-0.15, -0.1) is 0 Å². The van der Waals surface area contributed by atoms with E-state index in [1.54, 1.807) is 0 Å². The largest absolute Gasteiger partial charge is 0.481 e. The first kappa shape index (κ1) is 16.7. The molecule has 0 aliphatic carbocycles. The van der Waals surface area contributed by atoms with Crippen LogP contribution in [-0.2, 0) is 25.5 Å². The zero-order valence-electron chi connectivity index (χ0n) is 12.0. The molecular formula is C15H19NO5. The van der Waals surface area contributed by atoms with Crippen molar-refractivity contribution in [2.75, 3.05) is 7.11 Å². The first-order valence-electron chi connectivity index (χ1n) is 6.58. The number of carboxylic acid groups (broad SMARTS) is 1. The number of rotatable bonds is 7. The number of aliphatic carboxylic acids is 1. The van der Waals surface area contributed by atoms with Crippen molar-refractivity contribution in [3.8, 4) is 0 Å². The molecule has 0 radical (unpaired) electrons. The number of amides is 1. The van der Waals surface area contributed by atoms with Crippen molar-refractivity contribution in [1.82, 2.24) is 5.32 Å². The summed E-state index contributed by atoms with van der Waals surface area (Å²) in [6.07, 6.45) is 0.00408. The highest BCUT2D eigenvalue weighted by atomic mass is 16.5. The van der Waals surface area contributed by atoms with E-state index in [0.717, 1.165) is 5.56 Å². The molecule has 2 atom stereocenters. The maximum absolute atomic E-state index is 11.9. The summed E-state index contributed by atoms with van der Waals surface area (Å²) >= 11 is 0. The fourth-order valence-corrected chi connectivity index (χ4v) is 1.85. The molecular weight excluding hydrogens is 274 g/mol. The smallest absolute Gasteiger partial charge is 0.328 e. The minimum atomic E-state index is -1.06. The van der Waals surface area contributed by atoms with Crippen LogP contribution >= 0.6 is 0 Å². The van der Waals surface area contributed by atoms with E-state index >= 15 is 0 Å². The standard InChI is InChI=1S/C15H19NO5/c1-10(8-13(17)18)14(19)16-12(15(20)21-2)9-11-6-4-3-5-7-11/h3-7,10,12H,8-9H2,1-2H3,(H,16,19)(H,17,18). The molecule has 6 nitrogen and oxygen atoms in total. The van der Waals surface area contributed by atoms with Gasteiger partial charge in [0.1, 0.15) is 6.04 Å². The summed E-state index contributed by atoms with van der Waals surface area (Å²) in [5, 5.41) is 11.2. The Kier molecular flexibility index (Phi) is 6.39. The number of carboxylic acids is 1. The lowest BCUT2D eigenvalue weighted by molar-refractivity contribution is -0.146. The van der Waals surface area contributed by atoms with E-state index in [2.05, 4.69) is 10.1 Å². The topological polar surface area (TPSA) is 92.7 Å². The van der Waals surface area contributed by atoms with Crippen molar-refractivity contribution in [3.05, 3.63) is 35.9 Å². The van der Waals surface area contributed by atoms with Crippen LogP contribution in [-0.4, -0.2) is 36.1 Å². The third-order valence-electron chi connectivity index (χ3n) is 3.01. The second-order valence-corrected chi connectivity index (χ2v) is 4.77. The van der Waals surface area contributed by atoms with E-state index in [-0.39, 0.29) is 6.42 Å². The Balaban J connectivity index is 2.72. The van der Waals surface area contributed by atoms with E-state index in [4.69, 9.17) is 5.11 Å². The monoisotopic (exact) mass is 293 g/mol. The molecule has 1 aromatic rings. The highest BCUT2D eigenvalue weighted by Gasteiger charge is 2.25. The summed E-state index contributed by atoms with van der Waals surface area (Å²) in [4.78, 5) is 34.3. The highest BCUT2D eigenvalue weighted by Crippen LogP contribution is 2.07. The van der Waals surface area contributed by atoms with Gasteiger partial charge in [-0.3, -0.25) is 9.59 Å². The minimum absolute atomic E-state index is 0.287. The average molecular weight is 293 g/mol. The van der Waals surface area contributed by atoms with Gasteiger partial charge in [-0.2, -0.15) is 0 Å². The summed E-state index contributed by atoms with van der Waals surface area (Å²) in [5.74, 6) is -2.82. The third kappa shape index (κ3) is 5.64. The quantitative estimate of drug-likeness (QED) is 0.732. The van der Waals surface area contributed by atoms with Crippen LogP contribution in [0.3, 0.4) is 0 Å². The van der Waals surface area contributed by atoms with Gasteiger partial charge in [0.25, 0.3) is 0 Å². The molecule has 6 heteroatoms. The van der Waals surface area contributed by atoms with Gasteiger partial charge in [0, 0.05) is 12.3 Å². The minimum Gasteiger partial charge on any atom is -0.481 e. The van der Waals surface area contributed by atoms with Gasteiger partial charge in [0.05, 0.1) is 13.5 Å². The average Bonchev–Trinajstić information content (AvgIpc) is 2.46. The Morgan fingerprint density at radius 3 is 2.38 bits per heavy atom. The van der Waals surface area contributed by atoms with Crippen LogP contribution in [0.4, 0.5) is 0 Å². The summed E-state index contributed by atoms with van der Waals surface area (Å²) < 4.78 is 4.68. The summed E-state index contributed by atoms with van der Waals surface area (Å²) in [5.41, 5.74) is 0.874. The molecule has 1 aromatic carbocycles. The number of ether oxygens (including phenoxy) is 1. The fraction of sp³-hybridized carbons (Fsp3) is 0.400. The zero-order valence-corrected chi connectivity index (χ0v) is 12.0. The molecule has 0 spiro atoms. The molecule has 1 amide bonds. The Hall–Kier alpha value is -2.37. The second-order valence-electron chi connectivity index (χ2n) is 4.77. The fourth-order valence-electron chi connectivity index (χ4n) is 1.85. The number of nitrogens with one attached hydrogen (secondary N) is 1. The van der Waals surface area contributed by atoms with Crippen LogP contribution in [0.5, 0.6) is 0 Å². The number of carbonyl (C=O) groups excluding carboxylic acids is 2. The summed E-state index contributed by atoms with van der Waals surface area (Å²) in [6, 6.07) is 8.36. The lowest BCUT2D eigenvalue weighted by Gasteiger charge is -2.18. The molecule has 0 aliphatic rings. The van der Waals surface area contributed by atoms with Crippen LogP contribution < -0.4 is 5.32 Å². The Labute approximate surface area is 123 Å². The van der Waals surface area contributed by atoms with Crippen molar-refractivity contribution < 1.29 is 24.2 Å². The number of benzene rings is 1. The molecule has 0 heterocycles. The van der Waals surface area contributed by atoms with Gasteiger partial charge in [0.2, 0.25) is 5.91 Å². The first-order valence-corrected chi connectivity index (χ1v) is 6.58. The molecule has 2 N–H and O–H groups in total. The van der Waals surface area contributed by atoms with Gasteiger partial charge in [-0.25, -0.2) is 4.79 Å². The van der Waals surface area contributed by atoms with Crippen molar-refractivity contribution in [2.45, 2.75) is 25.8 Å². The van der Waals surface area contributed by atoms with Crippen molar-refractivity contribution in [1.29, 1.82) is 0 Å². The second kappa shape index (κ2) is 8.04. The molecule has 1 rings (SSSR count). The molecule has 0 aromatic heterocycles. The maximum Gasteiger partial charge on any atom is 0.328 e. The predicted molar refractivity (Wildman–Crippen MR) is 75.5 cm³/mol. The molecule has 114 valence electrons. The van der Waals surface area contributed by atoms with E-state index in [1.165, 1.54) is 14.0 Å². The van der Waals surface area contributed by atoms with Crippen LogP contribution in [0.1, 0.15) is 18.9 Å². The van der Waals surface area contributed by atoms with Crippen LogP contribution in [0.25, 0.3) is 0 Å². The van der Waals surface area contributed by atoms with Crippen LogP contribution in [0.2, 0.25) is 0 Å². The maximum atomic E-state index is 11.9. The van der Waals surface area contributed by atoms with Gasteiger partial charge in [-0.05, 0) is 5.56 Å². The predicted octanol–water partition coefficient (Wildman–Crippen LogP) is 0.998. The van der Waals surface area contributed by atoms with E-state index in [1.807, 2.05) is 30.3 Å². The SMILES string of the molecule is COC(=O)C(Cc1ccccc1)NC(=O)C(C)CC(=O)O. The molecule has 0 fully saturated rings. The Morgan fingerprint density at radius 1 is 1.24 bits per heavy atom. The van der Waals surface area contributed by atoms with Gasteiger partial charge < -0.3 is 15.2 Å². The first-order chi connectivity index (χ1) is 9.93. The molecule has 2 unspecified atom stereocenters. The molecule has 0 aliphatic heterocycles. The lowest BCUT2D eigenvalue weighted by Crippen LogP contribution is -2.45. The van der Waals surface area contributed by atoms with Gasteiger partial charge in [-0.1, -0.05) is 37.3 Å². The Bertz CT molecular complexity index is 500. The normalized spacial score (nSPS) is 13.0. The number of hydrogen-bond acceptors (Lipinski definition) is 4. The zero-order chi connectivity index (χ0) is 15.8. The van der Waals surface area contributed by atoms with Crippen LogP contribution in [0.15, 0.2) is 30.3 Å². The molecule has 0 bridgehead atoms. The number of hydrogen-bond donors (Lipinski definition) is 2. The summed E-state index contributed by atoms with van der Waals surface area (Å²) in [7, 11) is 1.24. The molecule has 0 saturated carbocycles. The van der Waals surface area contributed by atoms with Crippen molar-refractivity contribution >= 4 is 17.8 Å². The van der Waals surface area contributed by atoms with Gasteiger partial charge in [0.15, 0.2) is 0 Å². The van der Waals surface area contributed by atoms with E-state index in [0.29, 0.717) is 6.42 Å². The van der Waals surface area contributed by atoms with E-state index in [9.17, 15) is 14.4 Å². The third-order valence-corrected chi connectivity index (χ3v) is 3.01. The number of carbonyl (C=O) groups is 3. The number of methoxy groups -OCH3 is 1. The van der Waals surface area contributed by atoms with Crippen LogP contribution in [0, 0.1) is 5.92 Å². The highest BCUT2D eigenvalue weighted by molar-refractivity contribution is 5.87. The van der Waals surface area contributed by atoms with E-state index < -0.39 is 29.8 Å². The van der Waals surface area contributed by atoms with Gasteiger partial charge >= 0.3 is 11.9 Å². The lowest BCUT2D eigenvalue weighted by atomic mass is 10.0.